The molecular weight excluding hydrogens is 362 g/mol. The Morgan fingerprint density at radius 1 is 0.897 bits per heavy atom. The number of likely N-dealkylation sites (tertiary alicyclic amines) is 1. The van der Waals surface area contributed by atoms with Crippen LogP contribution in [-0.2, 0) is 29.1 Å². The molecule has 1 atom stereocenters. The normalized spacial score (nSPS) is 16.9. The zero-order valence-corrected chi connectivity index (χ0v) is 17.2. The lowest BCUT2D eigenvalue weighted by molar-refractivity contribution is -0.125. The fraction of sp³-hybridized carbons (Fsp3) is 0.417. The van der Waals surface area contributed by atoms with Crippen molar-refractivity contribution >= 4 is 11.8 Å². The largest absolute Gasteiger partial charge is 0.350 e. The van der Waals surface area contributed by atoms with Gasteiger partial charge in [0.15, 0.2) is 0 Å². The van der Waals surface area contributed by atoms with E-state index < -0.39 is 0 Å². The molecule has 0 spiro atoms. The number of nitrogens with one attached hydrogen (secondary N) is 2. The summed E-state index contributed by atoms with van der Waals surface area (Å²) in [6.07, 6.45) is 4.19. The van der Waals surface area contributed by atoms with Crippen molar-refractivity contribution in [2.45, 2.75) is 51.7 Å². The van der Waals surface area contributed by atoms with Gasteiger partial charge in [0.1, 0.15) is 0 Å². The van der Waals surface area contributed by atoms with E-state index >= 15 is 0 Å². The van der Waals surface area contributed by atoms with Crippen LogP contribution in [0.1, 0.15) is 42.9 Å². The van der Waals surface area contributed by atoms with Crippen LogP contribution >= 0.6 is 0 Å². The summed E-state index contributed by atoms with van der Waals surface area (Å²) in [6.45, 7) is 4.93. The molecule has 0 saturated carbocycles. The van der Waals surface area contributed by atoms with Gasteiger partial charge in [-0.15, -0.1) is 0 Å². The van der Waals surface area contributed by atoms with E-state index in [4.69, 9.17) is 0 Å². The number of hydrogen-bond acceptors (Lipinski definition) is 3. The Balaban J connectivity index is 1.37. The number of piperidine rings is 1. The fourth-order valence-corrected chi connectivity index (χ4v) is 3.68. The molecule has 5 nitrogen and oxygen atoms in total. The first-order valence-corrected chi connectivity index (χ1v) is 10.5. The van der Waals surface area contributed by atoms with Crippen molar-refractivity contribution in [1.82, 2.24) is 15.5 Å². The Kier molecular flexibility index (Phi) is 7.82. The van der Waals surface area contributed by atoms with Crippen molar-refractivity contribution in [2.24, 2.45) is 0 Å². The van der Waals surface area contributed by atoms with Crippen molar-refractivity contribution < 1.29 is 9.59 Å². The number of amides is 2. The van der Waals surface area contributed by atoms with Crippen molar-refractivity contribution in [3.8, 4) is 0 Å². The highest BCUT2D eigenvalue weighted by atomic mass is 16.2. The highest BCUT2D eigenvalue weighted by Gasteiger charge is 2.17. The van der Waals surface area contributed by atoms with E-state index in [9.17, 15) is 9.59 Å². The lowest BCUT2D eigenvalue weighted by Gasteiger charge is -2.33. The summed E-state index contributed by atoms with van der Waals surface area (Å²) >= 11 is 0. The van der Waals surface area contributed by atoms with Crippen molar-refractivity contribution in [2.75, 3.05) is 13.1 Å². The minimum atomic E-state index is -0.183. The first kappa shape index (κ1) is 21.1. The summed E-state index contributed by atoms with van der Waals surface area (Å²) in [5, 5.41) is 5.53. The highest BCUT2D eigenvalue weighted by Crippen LogP contribution is 2.19. The van der Waals surface area contributed by atoms with Crippen LogP contribution in [0.5, 0.6) is 0 Å². The van der Waals surface area contributed by atoms with Gasteiger partial charge in [0.25, 0.3) is 0 Å². The molecule has 1 aliphatic rings. The number of hydrogen-bond donors (Lipinski definition) is 2. The average Bonchev–Trinajstić information content (AvgIpc) is 2.74. The minimum absolute atomic E-state index is 0.00337. The predicted molar refractivity (Wildman–Crippen MR) is 115 cm³/mol. The zero-order valence-electron chi connectivity index (χ0n) is 17.2. The monoisotopic (exact) mass is 393 g/mol. The van der Waals surface area contributed by atoms with Crippen LogP contribution < -0.4 is 10.6 Å². The second-order valence-electron chi connectivity index (χ2n) is 7.85. The fourth-order valence-electron chi connectivity index (χ4n) is 3.68. The molecule has 0 radical (unpaired) electrons. The molecule has 2 aromatic rings. The molecule has 0 aliphatic carbocycles. The molecule has 2 amide bonds. The van der Waals surface area contributed by atoms with Crippen LogP contribution in [0.2, 0.25) is 0 Å². The molecule has 154 valence electrons. The zero-order chi connectivity index (χ0) is 20.5. The van der Waals surface area contributed by atoms with Crippen LogP contribution in [0.3, 0.4) is 0 Å². The van der Waals surface area contributed by atoms with Crippen molar-refractivity contribution in [3.05, 3.63) is 71.3 Å². The highest BCUT2D eigenvalue weighted by molar-refractivity contribution is 5.85. The lowest BCUT2D eigenvalue weighted by Crippen LogP contribution is -2.37. The summed E-state index contributed by atoms with van der Waals surface area (Å²) < 4.78 is 0. The summed E-state index contributed by atoms with van der Waals surface area (Å²) in [7, 11) is 0. The summed E-state index contributed by atoms with van der Waals surface area (Å²) in [5.41, 5.74) is 3.30. The van der Waals surface area contributed by atoms with E-state index in [0.717, 1.165) is 17.7 Å². The van der Waals surface area contributed by atoms with Gasteiger partial charge >= 0.3 is 0 Å². The Morgan fingerprint density at radius 3 is 2.34 bits per heavy atom. The van der Waals surface area contributed by atoms with E-state index in [0.29, 0.717) is 12.6 Å². The number of carbonyl (C=O) groups is 2. The maximum Gasteiger partial charge on any atom is 0.239 e. The van der Waals surface area contributed by atoms with Gasteiger partial charge in [-0.2, -0.15) is 0 Å². The van der Waals surface area contributed by atoms with E-state index in [1.54, 1.807) is 0 Å². The number of benzene rings is 2. The third kappa shape index (κ3) is 7.02. The van der Waals surface area contributed by atoms with Crippen molar-refractivity contribution in [3.63, 3.8) is 0 Å². The molecule has 29 heavy (non-hydrogen) atoms. The van der Waals surface area contributed by atoms with E-state index in [1.807, 2.05) is 30.3 Å². The molecule has 3 rings (SSSR count). The Morgan fingerprint density at radius 2 is 1.62 bits per heavy atom. The number of rotatable bonds is 8. The molecule has 0 bridgehead atoms. The minimum Gasteiger partial charge on any atom is -0.350 e. The first-order valence-electron chi connectivity index (χ1n) is 10.5. The van der Waals surface area contributed by atoms with Crippen molar-refractivity contribution in [1.29, 1.82) is 0 Å². The van der Waals surface area contributed by atoms with Crippen LogP contribution in [-0.4, -0.2) is 35.8 Å². The summed E-state index contributed by atoms with van der Waals surface area (Å²) in [5.74, 6) is -0.333. The van der Waals surface area contributed by atoms with Gasteiger partial charge in [-0.25, -0.2) is 0 Å². The van der Waals surface area contributed by atoms with Gasteiger partial charge in [0.2, 0.25) is 11.8 Å². The molecular formula is C24H31N3O2. The molecule has 5 heteroatoms. The molecule has 1 fully saturated rings. The lowest BCUT2D eigenvalue weighted by atomic mass is 10.0. The van der Waals surface area contributed by atoms with Crippen LogP contribution in [0.25, 0.3) is 0 Å². The molecule has 0 aromatic heterocycles. The second kappa shape index (κ2) is 10.8. The second-order valence-corrected chi connectivity index (χ2v) is 7.85. The maximum absolute atomic E-state index is 12.0. The molecule has 1 saturated heterocycles. The van der Waals surface area contributed by atoms with E-state index in [1.165, 1.54) is 31.4 Å². The Hall–Kier alpha value is -2.66. The third-order valence-electron chi connectivity index (χ3n) is 5.49. The predicted octanol–water partition coefficient (Wildman–Crippen LogP) is 3.04. The summed E-state index contributed by atoms with van der Waals surface area (Å²) in [6, 6.07) is 18.6. The average molecular weight is 394 g/mol. The number of carbonyl (C=O) groups excluding carboxylic acids is 2. The topological polar surface area (TPSA) is 61.4 Å². The van der Waals surface area contributed by atoms with E-state index in [-0.39, 0.29) is 24.8 Å². The Labute approximate surface area is 173 Å². The first-order chi connectivity index (χ1) is 14.1. The van der Waals surface area contributed by atoms with Gasteiger partial charge in [0, 0.05) is 19.1 Å². The summed E-state index contributed by atoms with van der Waals surface area (Å²) in [4.78, 5) is 26.5. The van der Waals surface area contributed by atoms with Gasteiger partial charge < -0.3 is 10.6 Å². The van der Waals surface area contributed by atoms with Gasteiger partial charge in [-0.3, -0.25) is 14.5 Å². The van der Waals surface area contributed by atoms with Crippen LogP contribution in [0.15, 0.2) is 54.6 Å². The molecule has 2 N–H and O–H groups in total. The maximum atomic E-state index is 12.0. The standard InChI is InChI=1S/C24H31N3O2/c1-19-7-5-6-14-27(19)18-22-12-10-21(11-13-22)16-25-24(29)17-26-23(28)15-20-8-3-2-4-9-20/h2-4,8-13,19H,5-7,14-18H2,1H3,(H,25,29)(H,26,28)/t19-/m0/s1. The quantitative estimate of drug-likeness (QED) is 0.725. The molecule has 2 aromatic carbocycles. The molecule has 0 unspecified atom stereocenters. The number of nitrogens with zero attached hydrogens (tertiary/aromatic N) is 1. The van der Waals surface area contributed by atoms with Gasteiger partial charge in [-0.05, 0) is 43.0 Å². The van der Waals surface area contributed by atoms with Crippen LogP contribution in [0, 0.1) is 0 Å². The van der Waals surface area contributed by atoms with Gasteiger partial charge in [-0.1, -0.05) is 61.0 Å². The smallest absolute Gasteiger partial charge is 0.239 e. The Bertz CT molecular complexity index is 790. The van der Waals surface area contributed by atoms with E-state index in [2.05, 4.69) is 46.7 Å². The molecule has 1 heterocycles. The van der Waals surface area contributed by atoms with Gasteiger partial charge in [0.05, 0.1) is 13.0 Å². The SMILES string of the molecule is C[C@H]1CCCCN1Cc1ccc(CNC(=O)CNC(=O)Cc2ccccc2)cc1. The third-order valence-corrected chi connectivity index (χ3v) is 5.49. The van der Waals surface area contributed by atoms with Crippen LogP contribution in [0.4, 0.5) is 0 Å². The molecule has 1 aliphatic heterocycles.